The average Bonchev–Trinajstić information content (AvgIpc) is 2.96. The van der Waals surface area contributed by atoms with E-state index in [1.165, 1.54) is 22.3 Å². The van der Waals surface area contributed by atoms with E-state index < -0.39 is 0 Å². The van der Waals surface area contributed by atoms with Crippen molar-refractivity contribution in [3.8, 4) is 0 Å². The highest BCUT2D eigenvalue weighted by Gasteiger charge is 2.19. The van der Waals surface area contributed by atoms with E-state index in [9.17, 15) is 0 Å². The van der Waals surface area contributed by atoms with E-state index in [2.05, 4.69) is 64.5 Å². The fourth-order valence-electron chi connectivity index (χ4n) is 2.51. The van der Waals surface area contributed by atoms with Gasteiger partial charge in [-0.2, -0.15) is 0 Å². The van der Waals surface area contributed by atoms with Crippen LogP contribution in [0.5, 0.6) is 0 Å². The van der Waals surface area contributed by atoms with E-state index in [0.29, 0.717) is 4.83 Å². The molecule has 0 saturated heterocycles. The molecule has 0 fully saturated rings. The van der Waals surface area contributed by atoms with Gasteiger partial charge < -0.3 is 0 Å². The summed E-state index contributed by atoms with van der Waals surface area (Å²) in [4.78, 5) is 0.487. The maximum Gasteiger partial charge on any atom is 0.0398 e. The summed E-state index contributed by atoms with van der Waals surface area (Å²) in [6, 6.07) is 8.68. The van der Waals surface area contributed by atoms with Crippen LogP contribution in [0.4, 0.5) is 0 Å². The van der Waals surface area contributed by atoms with Crippen molar-refractivity contribution in [2.75, 3.05) is 0 Å². The predicted octanol–water partition coefficient (Wildman–Crippen LogP) is 4.67. The van der Waals surface area contributed by atoms with Gasteiger partial charge in [-0.3, -0.25) is 0 Å². The number of halogens is 1. The lowest BCUT2D eigenvalue weighted by Crippen LogP contribution is -2.03. The van der Waals surface area contributed by atoms with Crippen LogP contribution in [0.1, 0.15) is 24.0 Å². The van der Waals surface area contributed by atoms with Gasteiger partial charge in [0.1, 0.15) is 0 Å². The molecule has 0 aliphatic heterocycles. The zero-order valence-corrected chi connectivity index (χ0v) is 11.3. The first kappa shape index (κ1) is 11.0. The molecule has 0 saturated carbocycles. The molecule has 1 heteroatoms. The lowest BCUT2D eigenvalue weighted by molar-refractivity contribution is 0.916. The minimum atomic E-state index is 0.487. The van der Waals surface area contributed by atoms with Gasteiger partial charge in [0.15, 0.2) is 0 Å². The second-order valence-corrected chi connectivity index (χ2v) is 5.83. The van der Waals surface area contributed by atoms with Crippen molar-refractivity contribution in [2.24, 2.45) is 0 Å². The van der Waals surface area contributed by atoms with Crippen LogP contribution in [-0.2, 0) is 6.42 Å². The van der Waals surface area contributed by atoms with Crippen LogP contribution in [0.25, 0.3) is 6.08 Å². The standard InChI is InChI=1S/C16H15Br/c17-16(9-12-5-1-2-6-12)15-10-13-7-3-4-8-14(13)11-15/h1-5,7-8,10,16H,6,9,11H2. The van der Waals surface area contributed by atoms with Crippen molar-refractivity contribution in [1.82, 2.24) is 0 Å². The molecule has 0 nitrogen and oxygen atoms in total. The number of hydrogen-bond acceptors (Lipinski definition) is 0. The highest BCUT2D eigenvalue weighted by molar-refractivity contribution is 9.09. The number of hydrogen-bond donors (Lipinski definition) is 0. The van der Waals surface area contributed by atoms with Crippen LogP contribution in [0, 0.1) is 0 Å². The SMILES string of the molecule is BrC(CC1=CC=CC1)C1=Cc2ccccc2C1. The molecular weight excluding hydrogens is 272 g/mol. The molecule has 0 aromatic heterocycles. The minimum Gasteiger partial charge on any atom is -0.0839 e. The second-order valence-electron chi connectivity index (χ2n) is 4.72. The number of benzene rings is 1. The molecule has 1 unspecified atom stereocenters. The smallest absolute Gasteiger partial charge is 0.0398 e. The summed E-state index contributed by atoms with van der Waals surface area (Å²) in [5.41, 5.74) is 5.90. The van der Waals surface area contributed by atoms with Gasteiger partial charge in [0.05, 0.1) is 0 Å². The maximum absolute atomic E-state index is 3.84. The fraction of sp³-hybridized carbons (Fsp3) is 0.250. The molecule has 0 spiro atoms. The Labute approximate surface area is 111 Å². The van der Waals surface area contributed by atoms with Crippen molar-refractivity contribution in [3.05, 3.63) is 64.8 Å². The Morgan fingerprint density at radius 1 is 1.24 bits per heavy atom. The molecule has 1 atom stereocenters. The molecule has 17 heavy (non-hydrogen) atoms. The number of fused-ring (bicyclic) bond motifs is 1. The number of rotatable bonds is 3. The molecule has 2 aliphatic rings. The first-order valence-electron chi connectivity index (χ1n) is 6.10. The highest BCUT2D eigenvalue weighted by atomic mass is 79.9. The van der Waals surface area contributed by atoms with Gasteiger partial charge in [-0.25, -0.2) is 0 Å². The molecular formula is C16H15Br. The monoisotopic (exact) mass is 286 g/mol. The van der Waals surface area contributed by atoms with E-state index in [1.807, 2.05) is 0 Å². The Balaban J connectivity index is 1.71. The van der Waals surface area contributed by atoms with E-state index >= 15 is 0 Å². The Hall–Kier alpha value is -1.08. The first-order chi connectivity index (χ1) is 8.33. The molecule has 0 bridgehead atoms. The Bertz CT molecular complexity index is 520. The summed E-state index contributed by atoms with van der Waals surface area (Å²) in [5.74, 6) is 0. The second kappa shape index (κ2) is 4.66. The lowest BCUT2D eigenvalue weighted by Gasteiger charge is -2.11. The van der Waals surface area contributed by atoms with Gasteiger partial charge in [0.2, 0.25) is 0 Å². The summed E-state index contributed by atoms with van der Waals surface area (Å²) in [7, 11) is 0. The van der Waals surface area contributed by atoms with Gasteiger partial charge in [-0.15, -0.1) is 0 Å². The van der Waals surface area contributed by atoms with Crippen LogP contribution >= 0.6 is 15.9 Å². The van der Waals surface area contributed by atoms with Crippen molar-refractivity contribution in [1.29, 1.82) is 0 Å². The normalized spacial score (nSPS) is 18.9. The third-order valence-corrected chi connectivity index (χ3v) is 4.39. The van der Waals surface area contributed by atoms with Crippen molar-refractivity contribution < 1.29 is 0 Å². The van der Waals surface area contributed by atoms with Gasteiger partial charge in [0.25, 0.3) is 0 Å². The van der Waals surface area contributed by atoms with Gasteiger partial charge in [-0.05, 0) is 30.4 Å². The molecule has 1 aromatic carbocycles. The first-order valence-corrected chi connectivity index (χ1v) is 7.01. The zero-order valence-electron chi connectivity index (χ0n) is 9.70. The zero-order chi connectivity index (χ0) is 11.7. The maximum atomic E-state index is 3.84. The average molecular weight is 287 g/mol. The van der Waals surface area contributed by atoms with Gasteiger partial charge in [-0.1, -0.05) is 75.6 Å². The van der Waals surface area contributed by atoms with Crippen LogP contribution in [-0.4, -0.2) is 4.83 Å². The highest BCUT2D eigenvalue weighted by Crippen LogP contribution is 2.33. The van der Waals surface area contributed by atoms with Crippen molar-refractivity contribution >= 4 is 22.0 Å². The summed E-state index contributed by atoms with van der Waals surface area (Å²) < 4.78 is 0. The summed E-state index contributed by atoms with van der Waals surface area (Å²) in [6.07, 6.45) is 12.3. The minimum absolute atomic E-state index is 0.487. The third-order valence-electron chi connectivity index (χ3n) is 3.48. The Kier molecular flexibility index (Phi) is 3.02. The third kappa shape index (κ3) is 2.30. The van der Waals surface area contributed by atoms with Gasteiger partial charge in [0, 0.05) is 4.83 Å². The Morgan fingerprint density at radius 2 is 2.12 bits per heavy atom. The molecule has 86 valence electrons. The fourth-order valence-corrected chi connectivity index (χ4v) is 3.22. The molecule has 3 rings (SSSR count). The molecule has 0 N–H and O–H groups in total. The van der Waals surface area contributed by atoms with Crippen LogP contribution in [0.2, 0.25) is 0 Å². The largest absolute Gasteiger partial charge is 0.0839 e. The van der Waals surface area contributed by atoms with Gasteiger partial charge >= 0.3 is 0 Å². The Morgan fingerprint density at radius 3 is 2.88 bits per heavy atom. The van der Waals surface area contributed by atoms with Crippen molar-refractivity contribution in [2.45, 2.75) is 24.1 Å². The van der Waals surface area contributed by atoms with Crippen LogP contribution in [0.3, 0.4) is 0 Å². The van der Waals surface area contributed by atoms with Crippen LogP contribution in [0.15, 0.2) is 53.6 Å². The summed E-state index contributed by atoms with van der Waals surface area (Å²) in [6.45, 7) is 0. The molecule has 0 amide bonds. The molecule has 1 aromatic rings. The summed E-state index contributed by atoms with van der Waals surface area (Å²) in [5, 5.41) is 0. The predicted molar refractivity (Wildman–Crippen MR) is 77.3 cm³/mol. The van der Waals surface area contributed by atoms with E-state index in [4.69, 9.17) is 0 Å². The van der Waals surface area contributed by atoms with E-state index in [-0.39, 0.29) is 0 Å². The molecule has 2 aliphatic carbocycles. The van der Waals surface area contributed by atoms with Crippen molar-refractivity contribution in [3.63, 3.8) is 0 Å². The quantitative estimate of drug-likeness (QED) is 0.709. The lowest BCUT2D eigenvalue weighted by atomic mass is 10.0. The topological polar surface area (TPSA) is 0 Å². The molecule has 0 heterocycles. The van der Waals surface area contributed by atoms with E-state index in [1.54, 1.807) is 0 Å². The van der Waals surface area contributed by atoms with E-state index in [0.717, 1.165) is 19.3 Å². The number of allylic oxidation sites excluding steroid dienone is 5. The molecule has 0 radical (unpaired) electrons. The number of alkyl halides is 1. The summed E-state index contributed by atoms with van der Waals surface area (Å²) >= 11 is 3.84. The van der Waals surface area contributed by atoms with Crippen LogP contribution < -0.4 is 0 Å².